The van der Waals surface area contributed by atoms with Crippen molar-refractivity contribution in [1.82, 2.24) is 9.97 Å². The summed E-state index contributed by atoms with van der Waals surface area (Å²) in [6, 6.07) is 14.3. The van der Waals surface area contributed by atoms with E-state index in [4.69, 9.17) is 28.9 Å². The number of halogens is 3. The molecule has 1 saturated heterocycles. The van der Waals surface area contributed by atoms with Gasteiger partial charge in [-0.15, -0.1) is 12.4 Å². The van der Waals surface area contributed by atoms with Crippen molar-refractivity contribution in [3.63, 3.8) is 0 Å². The van der Waals surface area contributed by atoms with Crippen molar-refractivity contribution in [3.8, 4) is 0 Å². The molecule has 2 N–H and O–H groups in total. The Hall–Kier alpha value is -1.50. The molecule has 8 heteroatoms. The van der Waals surface area contributed by atoms with Gasteiger partial charge in [-0.05, 0) is 47.9 Å². The highest BCUT2D eigenvalue weighted by Gasteiger charge is 2.45. The Balaban J connectivity index is 0.00000231. The molecule has 0 unspecified atom stereocenters. The number of rotatable bonds is 3. The molecule has 1 aliphatic carbocycles. The van der Waals surface area contributed by atoms with Gasteiger partial charge in [0.2, 0.25) is 0 Å². The molecule has 0 bridgehead atoms. The van der Waals surface area contributed by atoms with Crippen LogP contribution in [-0.4, -0.2) is 23.1 Å². The summed E-state index contributed by atoms with van der Waals surface area (Å²) in [6.45, 7) is 1.89. The van der Waals surface area contributed by atoms with E-state index in [2.05, 4.69) is 39.1 Å². The number of fused-ring (bicyclic) bond motifs is 1. The van der Waals surface area contributed by atoms with Gasteiger partial charge in [0.05, 0.1) is 22.4 Å². The third-order valence-electron chi connectivity index (χ3n) is 6.42. The van der Waals surface area contributed by atoms with Gasteiger partial charge in [-0.2, -0.15) is 0 Å². The van der Waals surface area contributed by atoms with Crippen molar-refractivity contribution in [3.05, 3.63) is 76.0 Å². The molecule has 1 aliphatic heterocycles. The molecular weight excluding hydrogens is 471 g/mol. The number of nitrogens with two attached hydrogens (primary N) is 1. The summed E-state index contributed by atoms with van der Waals surface area (Å²) in [5.41, 5.74) is 9.60. The van der Waals surface area contributed by atoms with Gasteiger partial charge in [-0.25, -0.2) is 9.97 Å². The molecule has 1 fully saturated rings. The van der Waals surface area contributed by atoms with E-state index in [0.29, 0.717) is 10.0 Å². The predicted molar refractivity (Wildman–Crippen MR) is 131 cm³/mol. The molecule has 3 aromatic rings. The van der Waals surface area contributed by atoms with Crippen LogP contribution in [-0.2, 0) is 6.42 Å². The van der Waals surface area contributed by atoms with Crippen LogP contribution in [0, 0.1) is 5.41 Å². The monoisotopic (exact) mass is 492 g/mol. The molecule has 0 amide bonds. The molecule has 1 atom stereocenters. The van der Waals surface area contributed by atoms with E-state index >= 15 is 0 Å². The van der Waals surface area contributed by atoms with Crippen LogP contribution in [0.25, 0.3) is 0 Å². The van der Waals surface area contributed by atoms with Gasteiger partial charge in [-0.3, -0.25) is 0 Å². The highest BCUT2D eigenvalue weighted by Crippen LogP contribution is 2.50. The fourth-order valence-corrected chi connectivity index (χ4v) is 5.94. The summed E-state index contributed by atoms with van der Waals surface area (Å²) in [5, 5.41) is 1.88. The van der Waals surface area contributed by atoms with Crippen molar-refractivity contribution in [2.75, 3.05) is 18.0 Å². The van der Waals surface area contributed by atoms with Crippen molar-refractivity contribution in [2.45, 2.75) is 35.2 Å². The lowest BCUT2D eigenvalue weighted by molar-refractivity contribution is 0.187. The molecule has 5 rings (SSSR count). The first kappa shape index (κ1) is 22.7. The third-order valence-corrected chi connectivity index (χ3v) is 8.33. The minimum Gasteiger partial charge on any atom is -0.355 e. The zero-order chi connectivity index (χ0) is 20.7. The van der Waals surface area contributed by atoms with Gasteiger partial charge in [0.1, 0.15) is 10.8 Å². The van der Waals surface area contributed by atoms with Crippen LogP contribution in [0.5, 0.6) is 0 Å². The van der Waals surface area contributed by atoms with Gasteiger partial charge in [0, 0.05) is 24.0 Å². The van der Waals surface area contributed by atoms with Gasteiger partial charge < -0.3 is 10.6 Å². The molecule has 2 aromatic carbocycles. The van der Waals surface area contributed by atoms with Gasteiger partial charge in [0.25, 0.3) is 0 Å². The maximum atomic E-state index is 6.69. The van der Waals surface area contributed by atoms with E-state index in [-0.39, 0.29) is 23.9 Å². The van der Waals surface area contributed by atoms with Crippen molar-refractivity contribution in [1.29, 1.82) is 0 Å². The minimum absolute atomic E-state index is 0. The van der Waals surface area contributed by atoms with Gasteiger partial charge in [0.15, 0.2) is 0 Å². The zero-order valence-electron chi connectivity index (χ0n) is 16.8. The van der Waals surface area contributed by atoms with Crippen LogP contribution in [0.15, 0.2) is 64.8 Å². The average Bonchev–Trinajstić information content (AvgIpc) is 3.04. The second kappa shape index (κ2) is 9.16. The lowest BCUT2D eigenvalue weighted by Gasteiger charge is -2.42. The zero-order valence-corrected chi connectivity index (χ0v) is 19.9. The minimum atomic E-state index is 0. The molecule has 2 aliphatic rings. The summed E-state index contributed by atoms with van der Waals surface area (Å²) in [5.74, 6) is 0.912. The first-order chi connectivity index (χ1) is 14.6. The lowest BCUT2D eigenvalue weighted by Crippen LogP contribution is -2.44. The Kier molecular flexibility index (Phi) is 6.71. The van der Waals surface area contributed by atoms with Crippen LogP contribution in [0.1, 0.15) is 30.0 Å². The number of aromatic nitrogens is 2. The summed E-state index contributed by atoms with van der Waals surface area (Å²) < 4.78 is 0. The number of anilines is 1. The molecule has 31 heavy (non-hydrogen) atoms. The third kappa shape index (κ3) is 4.27. The fourth-order valence-electron chi connectivity index (χ4n) is 4.69. The Morgan fingerprint density at radius 1 is 1.00 bits per heavy atom. The average molecular weight is 494 g/mol. The second-order valence-electron chi connectivity index (χ2n) is 8.07. The standard InChI is InChI=1S/C23H22Cl2N4S.ClH/c24-17-6-3-7-18(21(17)25)30-20-14-27-19(13-28-20)29-10-8-23(9-11-29)12-15-4-1-2-5-16(15)22(23)26;/h1-7,13-14,22H,8-12,26H2;1H/t22-;/m1./s1. The number of hydrogen-bond donors (Lipinski definition) is 1. The summed E-state index contributed by atoms with van der Waals surface area (Å²) >= 11 is 13.8. The first-order valence-corrected chi connectivity index (χ1v) is 11.7. The summed E-state index contributed by atoms with van der Waals surface area (Å²) in [4.78, 5) is 12.4. The number of piperidine rings is 1. The fraction of sp³-hybridized carbons (Fsp3) is 0.304. The molecule has 1 aromatic heterocycles. The number of benzene rings is 2. The number of nitrogens with zero attached hydrogens (tertiary/aromatic N) is 3. The summed E-state index contributed by atoms with van der Waals surface area (Å²) in [6.07, 6.45) is 6.87. The van der Waals surface area contributed by atoms with Crippen molar-refractivity contribution in [2.24, 2.45) is 11.1 Å². The van der Waals surface area contributed by atoms with E-state index in [1.807, 2.05) is 18.3 Å². The Morgan fingerprint density at radius 2 is 1.77 bits per heavy atom. The molecule has 1 spiro atoms. The van der Waals surface area contributed by atoms with Crippen molar-refractivity contribution >= 4 is 53.2 Å². The molecule has 162 valence electrons. The Bertz CT molecular complexity index is 1070. The highest BCUT2D eigenvalue weighted by atomic mass is 35.5. The molecule has 0 radical (unpaired) electrons. The van der Waals surface area contributed by atoms with Crippen LogP contribution in [0.2, 0.25) is 10.0 Å². The smallest absolute Gasteiger partial charge is 0.147 e. The molecule has 0 saturated carbocycles. The predicted octanol–water partition coefficient (Wildman–Crippen LogP) is 6.20. The Morgan fingerprint density at radius 3 is 2.48 bits per heavy atom. The summed E-state index contributed by atoms with van der Waals surface area (Å²) in [7, 11) is 0. The van der Waals surface area contributed by atoms with E-state index in [9.17, 15) is 0 Å². The Labute approximate surface area is 203 Å². The SMILES string of the molecule is Cl.N[C@@H]1c2ccccc2CC12CCN(c1cnc(Sc3cccc(Cl)c3Cl)cn1)CC2. The van der Waals surface area contributed by atoms with E-state index in [1.54, 1.807) is 12.3 Å². The van der Waals surface area contributed by atoms with Crippen LogP contribution < -0.4 is 10.6 Å². The largest absolute Gasteiger partial charge is 0.355 e. The molecule has 2 heterocycles. The highest BCUT2D eigenvalue weighted by molar-refractivity contribution is 7.99. The lowest BCUT2D eigenvalue weighted by atomic mass is 9.73. The van der Waals surface area contributed by atoms with E-state index < -0.39 is 0 Å². The first-order valence-electron chi connectivity index (χ1n) is 10.1. The van der Waals surface area contributed by atoms with Crippen LogP contribution in [0.3, 0.4) is 0 Å². The van der Waals surface area contributed by atoms with E-state index in [0.717, 1.165) is 48.1 Å². The van der Waals surface area contributed by atoms with E-state index in [1.165, 1.54) is 22.9 Å². The maximum absolute atomic E-state index is 6.69. The molecule has 4 nitrogen and oxygen atoms in total. The maximum Gasteiger partial charge on any atom is 0.147 e. The number of hydrogen-bond acceptors (Lipinski definition) is 5. The normalized spacial score (nSPS) is 19.2. The topological polar surface area (TPSA) is 55.0 Å². The quantitative estimate of drug-likeness (QED) is 0.471. The second-order valence-corrected chi connectivity index (χ2v) is 9.92. The van der Waals surface area contributed by atoms with Crippen LogP contribution >= 0.6 is 47.4 Å². The van der Waals surface area contributed by atoms with Gasteiger partial charge in [-0.1, -0.05) is 65.3 Å². The van der Waals surface area contributed by atoms with Crippen LogP contribution in [0.4, 0.5) is 5.82 Å². The van der Waals surface area contributed by atoms with Gasteiger partial charge >= 0.3 is 0 Å². The molecular formula is C23H23Cl3N4S. The van der Waals surface area contributed by atoms with Crippen molar-refractivity contribution < 1.29 is 0 Å².